The van der Waals surface area contributed by atoms with Crippen molar-refractivity contribution in [3.8, 4) is 0 Å². The number of aromatic nitrogens is 3. The molecule has 1 saturated heterocycles. The monoisotopic (exact) mass is 334 g/mol. The summed E-state index contributed by atoms with van der Waals surface area (Å²) in [5.41, 5.74) is 1.69. The number of aryl methyl sites for hydroxylation is 1. The van der Waals surface area contributed by atoms with Crippen LogP contribution in [0.15, 0.2) is 35.5 Å². The first kappa shape index (κ1) is 16.1. The predicted molar refractivity (Wildman–Crippen MR) is 87.4 cm³/mol. The minimum absolute atomic E-state index is 0.116. The van der Waals surface area contributed by atoms with Crippen molar-refractivity contribution in [3.63, 3.8) is 0 Å². The molecule has 0 aliphatic carbocycles. The van der Waals surface area contributed by atoms with Crippen molar-refractivity contribution < 1.29 is 4.74 Å². The third-order valence-corrected chi connectivity index (χ3v) is 4.08. The maximum atomic E-state index is 11.3. The fourth-order valence-corrected chi connectivity index (χ4v) is 2.79. The summed E-state index contributed by atoms with van der Waals surface area (Å²) in [6.45, 7) is 3.25. The lowest BCUT2D eigenvalue weighted by molar-refractivity contribution is -0.0350. The zero-order valence-electron chi connectivity index (χ0n) is 12.7. The summed E-state index contributed by atoms with van der Waals surface area (Å²) < 4.78 is 5.82. The van der Waals surface area contributed by atoms with Crippen molar-refractivity contribution in [2.75, 3.05) is 19.7 Å². The van der Waals surface area contributed by atoms with Crippen molar-refractivity contribution in [3.05, 3.63) is 57.5 Å². The molecule has 0 aromatic carbocycles. The summed E-state index contributed by atoms with van der Waals surface area (Å²) in [5, 5.41) is 0.652. The molecule has 1 aliphatic rings. The van der Waals surface area contributed by atoms with Gasteiger partial charge in [-0.05, 0) is 25.0 Å². The average Bonchev–Trinajstić information content (AvgIpc) is 2.56. The molecule has 0 radical (unpaired) electrons. The van der Waals surface area contributed by atoms with Crippen LogP contribution in [0.3, 0.4) is 0 Å². The molecule has 0 saturated carbocycles. The quantitative estimate of drug-likeness (QED) is 0.900. The highest BCUT2D eigenvalue weighted by atomic mass is 35.5. The fraction of sp³-hybridized carbons (Fsp3) is 0.438. The molecule has 1 N–H and O–H groups in total. The van der Waals surface area contributed by atoms with Crippen LogP contribution in [0, 0.1) is 0 Å². The van der Waals surface area contributed by atoms with E-state index >= 15 is 0 Å². The van der Waals surface area contributed by atoms with Gasteiger partial charge in [-0.2, -0.15) is 0 Å². The molecule has 6 nitrogen and oxygen atoms in total. The molecule has 0 bridgehead atoms. The lowest BCUT2D eigenvalue weighted by Gasteiger charge is -2.32. The molecule has 23 heavy (non-hydrogen) atoms. The topological polar surface area (TPSA) is 71.1 Å². The molecule has 3 heterocycles. The van der Waals surface area contributed by atoms with E-state index in [9.17, 15) is 4.79 Å². The Morgan fingerprint density at radius 1 is 1.35 bits per heavy atom. The summed E-state index contributed by atoms with van der Waals surface area (Å²) >= 11 is 5.86. The predicted octanol–water partition coefficient (Wildman–Crippen LogP) is 1.65. The summed E-state index contributed by atoms with van der Waals surface area (Å²) in [6.07, 6.45) is 4.85. The van der Waals surface area contributed by atoms with E-state index in [0.29, 0.717) is 11.6 Å². The highest BCUT2D eigenvalue weighted by Crippen LogP contribution is 2.14. The van der Waals surface area contributed by atoms with Gasteiger partial charge in [0, 0.05) is 37.6 Å². The van der Waals surface area contributed by atoms with E-state index < -0.39 is 0 Å². The van der Waals surface area contributed by atoms with Gasteiger partial charge in [0.05, 0.1) is 29.8 Å². The van der Waals surface area contributed by atoms with Crippen LogP contribution in [0.5, 0.6) is 0 Å². The normalized spacial score (nSPS) is 18.9. The molecular weight excluding hydrogens is 316 g/mol. The smallest absolute Gasteiger partial charge is 0.250 e. The molecule has 1 unspecified atom stereocenters. The van der Waals surface area contributed by atoms with Gasteiger partial charge in [-0.25, -0.2) is 4.98 Å². The molecule has 0 amide bonds. The number of hydrogen-bond acceptors (Lipinski definition) is 5. The van der Waals surface area contributed by atoms with Crippen LogP contribution in [0.1, 0.15) is 17.8 Å². The second kappa shape index (κ2) is 7.68. The van der Waals surface area contributed by atoms with Crippen LogP contribution in [0.2, 0.25) is 5.02 Å². The van der Waals surface area contributed by atoms with Crippen LogP contribution in [0.4, 0.5) is 0 Å². The Bertz CT molecular complexity index is 689. The Labute approximate surface area is 139 Å². The van der Waals surface area contributed by atoms with E-state index in [2.05, 4.69) is 19.9 Å². The molecule has 7 heteroatoms. The van der Waals surface area contributed by atoms with Gasteiger partial charge in [0.25, 0.3) is 5.56 Å². The number of aromatic amines is 1. The lowest BCUT2D eigenvalue weighted by atomic mass is 10.1. The van der Waals surface area contributed by atoms with Crippen LogP contribution < -0.4 is 5.56 Å². The molecule has 1 aliphatic heterocycles. The van der Waals surface area contributed by atoms with Gasteiger partial charge in [0.1, 0.15) is 0 Å². The van der Waals surface area contributed by atoms with E-state index in [1.807, 2.05) is 12.1 Å². The number of ether oxygens (including phenoxy) is 1. The number of H-pyrrole nitrogens is 1. The summed E-state index contributed by atoms with van der Waals surface area (Å²) in [4.78, 5) is 24.6. The standard InChI is InChI=1S/C16H19ClN4O2/c17-12-1-2-14(18-8-12)9-21-5-6-23-15(10-21)4-3-13-7-16(22)20-11-19-13/h1-2,7-8,11,15H,3-6,9-10H2,(H,19,20,22). The van der Waals surface area contributed by atoms with E-state index in [-0.39, 0.29) is 11.7 Å². The lowest BCUT2D eigenvalue weighted by Crippen LogP contribution is -2.42. The molecule has 2 aromatic rings. The largest absolute Gasteiger partial charge is 0.376 e. The van der Waals surface area contributed by atoms with Crippen molar-refractivity contribution >= 4 is 11.6 Å². The molecule has 122 valence electrons. The zero-order chi connectivity index (χ0) is 16.1. The Hall–Kier alpha value is -1.76. The summed E-state index contributed by atoms with van der Waals surface area (Å²) in [6, 6.07) is 5.35. The SMILES string of the molecule is O=c1cc(CCC2CN(Cc3ccc(Cl)cn3)CCO2)nc[nH]1. The van der Waals surface area contributed by atoms with Gasteiger partial charge < -0.3 is 9.72 Å². The van der Waals surface area contributed by atoms with Crippen LogP contribution in [0.25, 0.3) is 0 Å². The number of morpholine rings is 1. The Morgan fingerprint density at radius 2 is 2.26 bits per heavy atom. The van der Waals surface area contributed by atoms with Crippen LogP contribution in [-0.2, 0) is 17.7 Å². The summed E-state index contributed by atoms with van der Waals surface area (Å²) in [5.74, 6) is 0. The Kier molecular flexibility index (Phi) is 5.38. The highest BCUT2D eigenvalue weighted by molar-refractivity contribution is 6.30. The van der Waals surface area contributed by atoms with E-state index in [0.717, 1.165) is 43.9 Å². The van der Waals surface area contributed by atoms with Gasteiger partial charge in [0.2, 0.25) is 0 Å². The van der Waals surface area contributed by atoms with Gasteiger partial charge in [-0.1, -0.05) is 11.6 Å². The van der Waals surface area contributed by atoms with Crippen molar-refractivity contribution in [1.29, 1.82) is 0 Å². The minimum Gasteiger partial charge on any atom is -0.376 e. The van der Waals surface area contributed by atoms with E-state index in [1.54, 1.807) is 6.20 Å². The number of nitrogens with one attached hydrogen (secondary N) is 1. The van der Waals surface area contributed by atoms with Gasteiger partial charge >= 0.3 is 0 Å². The number of nitrogens with zero attached hydrogens (tertiary/aromatic N) is 3. The maximum Gasteiger partial charge on any atom is 0.250 e. The van der Waals surface area contributed by atoms with Crippen LogP contribution in [-0.4, -0.2) is 45.7 Å². The molecule has 0 spiro atoms. The number of rotatable bonds is 5. The average molecular weight is 335 g/mol. The molecular formula is C16H19ClN4O2. The van der Waals surface area contributed by atoms with Crippen molar-refractivity contribution in [1.82, 2.24) is 19.9 Å². The number of halogens is 1. The summed E-state index contributed by atoms with van der Waals surface area (Å²) in [7, 11) is 0. The fourth-order valence-electron chi connectivity index (χ4n) is 2.68. The number of pyridine rings is 1. The highest BCUT2D eigenvalue weighted by Gasteiger charge is 2.20. The first-order valence-corrected chi connectivity index (χ1v) is 8.05. The molecule has 3 rings (SSSR count). The van der Waals surface area contributed by atoms with Crippen molar-refractivity contribution in [2.45, 2.75) is 25.5 Å². The first-order chi connectivity index (χ1) is 11.2. The Balaban J connectivity index is 1.51. The third-order valence-electron chi connectivity index (χ3n) is 3.85. The first-order valence-electron chi connectivity index (χ1n) is 7.67. The van der Waals surface area contributed by atoms with E-state index in [4.69, 9.17) is 16.3 Å². The number of hydrogen-bond donors (Lipinski definition) is 1. The minimum atomic E-state index is -0.116. The van der Waals surface area contributed by atoms with Crippen LogP contribution >= 0.6 is 11.6 Å². The van der Waals surface area contributed by atoms with Gasteiger partial charge in [-0.3, -0.25) is 14.7 Å². The zero-order valence-corrected chi connectivity index (χ0v) is 13.5. The molecule has 2 aromatic heterocycles. The third kappa shape index (κ3) is 4.86. The molecule has 1 fully saturated rings. The van der Waals surface area contributed by atoms with Gasteiger partial charge in [-0.15, -0.1) is 0 Å². The Morgan fingerprint density at radius 3 is 3.04 bits per heavy atom. The second-order valence-corrected chi connectivity index (χ2v) is 6.07. The maximum absolute atomic E-state index is 11.3. The van der Waals surface area contributed by atoms with Gasteiger partial charge in [0.15, 0.2) is 0 Å². The van der Waals surface area contributed by atoms with E-state index in [1.165, 1.54) is 12.4 Å². The molecule has 1 atom stereocenters. The second-order valence-electron chi connectivity index (χ2n) is 5.64. The van der Waals surface area contributed by atoms with Crippen molar-refractivity contribution in [2.24, 2.45) is 0 Å².